The van der Waals surface area contributed by atoms with Gasteiger partial charge in [0.2, 0.25) is 5.91 Å². The van der Waals surface area contributed by atoms with Crippen LogP contribution in [0.3, 0.4) is 0 Å². The Kier molecular flexibility index (Phi) is 5.84. The van der Waals surface area contributed by atoms with Gasteiger partial charge >= 0.3 is 0 Å². The van der Waals surface area contributed by atoms with Crippen LogP contribution < -0.4 is 0 Å². The minimum Gasteiger partial charge on any atom is -0.316 e. The number of fused-ring (bicyclic) bond motifs is 1. The monoisotopic (exact) mass is 346 g/mol. The first-order valence-corrected chi connectivity index (χ1v) is 8.98. The summed E-state index contributed by atoms with van der Waals surface area (Å²) in [6.07, 6.45) is 2.54. The smallest absolute Gasteiger partial charge is 0.225 e. The molecule has 1 amide bonds. The quantitative estimate of drug-likeness (QED) is 0.753. The molecular formula is C21H22N4O. The molecule has 132 valence electrons. The normalized spacial score (nSPS) is 16.9. The van der Waals surface area contributed by atoms with Crippen molar-refractivity contribution in [3.63, 3.8) is 0 Å². The van der Waals surface area contributed by atoms with E-state index >= 15 is 0 Å². The minimum absolute atomic E-state index is 0.0286. The highest BCUT2D eigenvalue weighted by Gasteiger charge is 2.27. The van der Waals surface area contributed by atoms with Crippen LogP contribution in [0.25, 0.3) is 10.8 Å². The molecule has 1 fully saturated rings. The van der Waals surface area contributed by atoms with Gasteiger partial charge in [0.05, 0.1) is 12.1 Å². The summed E-state index contributed by atoms with van der Waals surface area (Å²) in [4.78, 5) is 16.0. The van der Waals surface area contributed by atoms with E-state index in [2.05, 4.69) is 47.4 Å². The van der Waals surface area contributed by atoms with Gasteiger partial charge in [0, 0.05) is 19.0 Å². The van der Waals surface area contributed by atoms with Gasteiger partial charge in [-0.05, 0) is 35.7 Å². The maximum atomic E-state index is 12.3. The van der Waals surface area contributed by atoms with Crippen molar-refractivity contribution >= 4 is 16.7 Å². The molecule has 5 heteroatoms. The zero-order chi connectivity index (χ0) is 18.4. The van der Waals surface area contributed by atoms with Crippen molar-refractivity contribution in [2.75, 3.05) is 26.2 Å². The summed E-state index contributed by atoms with van der Waals surface area (Å²) >= 11 is 0. The third-order valence-corrected chi connectivity index (χ3v) is 5.03. The number of carbonyl (C=O) groups is 1. The van der Waals surface area contributed by atoms with E-state index in [9.17, 15) is 4.79 Å². The Hall–Kier alpha value is -2.89. The second-order valence-corrected chi connectivity index (χ2v) is 6.58. The molecule has 0 N–H and O–H groups in total. The number of carbonyl (C=O) groups excluding carboxylic acids is 1. The number of benzene rings is 2. The number of hydrogen-bond acceptors (Lipinski definition) is 4. The van der Waals surface area contributed by atoms with Crippen molar-refractivity contribution in [2.45, 2.75) is 25.3 Å². The fourth-order valence-electron chi connectivity index (χ4n) is 3.79. The summed E-state index contributed by atoms with van der Waals surface area (Å²) in [6.45, 7) is 1.57. The van der Waals surface area contributed by atoms with Crippen LogP contribution in [0.1, 0.15) is 30.9 Å². The maximum Gasteiger partial charge on any atom is 0.225 e. The van der Waals surface area contributed by atoms with Gasteiger partial charge in [0.15, 0.2) is 0 Å². The Labute approximate surface area is 154 Å². The molecule has 2 aromatic carbocycles. The maximum absolute atomic E-state index is 12.3. The first kappa shape index (κ1) is 17.9. The SMILES string of the molecule is N#CCN(CC#N)C(=O)CCN1CCCC1c1cccc2ccccc12. The van der Waals surface area contributed by atoms with E-state index in [1.165, 1.54) is 21.2 Å². The summed E-state index contributed by atoms with van der Waals surface area (Å²) in [6, 6.07) is 19.0. The molecule has 1 atom stereocenters. The zero-order valence-electron chi connectivity index (χ0n) is 14.8. The lowest BCUT2D eigenvalue weighted by molar-refractivity contribution is -0.130. The predicted molar refractivity (Wildman–Crippen MR) is 99.9 cm³/mol. The molecule has 0 saturated carbocycles. The highest BCUT2D eigenvalue weighted by Crippen LogP contribution is 2.35. The van der Waals surface area contributed by atoms with E-state index in [4.69, 9.17) is 10.5 Å². The minimum atomic E-state index is -0.128. The lowest BCUT2D eigenvalue weighted by atomic mass is 9.97. The van der Waals surface area contributed by atoms with Gasteiger partial charge in [0.25, 0.3) is 0 Å². The molecule has 2 aromatic rings. The number of hydrogen-bond donors (Lipinski definition) is 0. The van der Waals surface area contributed by atoms with E-state index in [0.29, 0.717) is 19.0 Å². The van der Waals surface area contributed by atoms with Crippen molar-refractivity contribution in [3.05, 3.63) is 48.0 Å². The number of likely N-dealkylation sites (tertiary alicyclic amines) is 1. The van der Waals surface area contributed by atoms with Gasteiger partial charge < -0.3 is 4.90 Å². The first-order valence-electron chi connectivity index (χ1n) is 8.98. The van der Waals surface area contributed by atoms with Crippen LogP contribution >= 0.6 is 0 Å². The molecule has 0 bridgehead atoms. The van der Waals surface area contributed by atoms with E-state index in [1.54, 1.807) is 0 Å². The van der Waals surface area contributed by atoms with Gasteiger partial charge in [-0.2, -0.15) is 10.5 Å². The van der Waals surface area contributed by atoms with Crippen molar-refractivity contribution < 1.29 is 4.79 Å². The molecule has 0 spiro atoms. The predicted octanol–water partition coefficient (Wildman–Crippen LogP) is 3.24. The Bertz CT molecular complexity index is 843. The molecule has 1 unspecified atom stereocenters. The fraction of sp³-hybridized carbons (Fsp3) is 0.381. The summed E-state index contributed by atoms with van der Waals surface area (Å²) in [7, 11) is 0. The molecule has 1 aliphatic heterocycles. The number of nitriles is 2. The van der Waals surface area contributed by atoms with Gasteiger partial charge in [0.1, 0.15) is 13.1 Å². The van der Waals surface area contributed by atoms with Crippen LogP contribution in [-0.4, -0.2) is 41.9 Å². The molecule has 1 saturated heterocycles. The Morgan fingerprint density at radius 2 is 1.85 bits per heavy atom. The summed E-state index contributed by atoms with van der Waals surface area (Å²) in [5.74, 6) is -0.128. The van der Waals surface area contributed by atoms with Crippen molar-refractivity contribution in [3.8, 4) is 12.1 Å². The van der Waals surface area contributed by atoms with Crippen molar-refractivity contribution in [2.24, 2.45) is 0 Å². The largest absolute Gasteiger partial charge is 0.316 e. The van der Waals surface area contributed by atoms with E-state index < -0.39 is 0 Å². The third-order valence-electron chi connectivity index (χ3n) is 5.03. The second kappa shape index (κ2) is 8.47. The Morgan fingerprint density at radius 3 is 2.62 bits per heavy atom. The van der Waals surface area contributed by atoms with Crippen molar-refractivity contribution in [1.29, 1.82) is 10.5 Å². The molecule has 0 aliphatic carbocycles. The van der Waals surface area contributed by atoms with Crippen LogP contribution in [0.2, 0.25) is 0 Å². The average Bonchev–Trinajstić information content (AvgIpc) is 3.14. The third kappa shape index (κ3) is 3.85. The molecule has 3 rings (SSSR count). The molecule has 0 radical (unpaired) electrons. The zero-order valence-corrected chi connectivity index (χ0v) is 14.8. The topological polar surface area (TPSA) is 71.1 Å². The summed E-state index contributed by atoms with van der Waals surface area (Å²) < 4.78 is 0. The molecule has 26 heavy (non-hydrogen) atoms. The molecule has 1 aliphatic rings. The summed E-state index contributed by atoms with van der Waals surface area (Å²) in [5.41, 5.74) is 1.32. The van der Waals surface area contributed by atoms with E-state index in [0.717, 1.165) is 19.4 Å². The van der Waals surface area contributed by atoms with Crippen LogP contribution in [0.5, 0.6) is 0 Å². The highest BCUT2D eigenvalue weighted by molar-refractivity contribution is 5.86. The van der Waals surface area contributed by atoms with Crippen LogP contribution in [0, 0.1) is 22.7 Å². The molecular weight excluding hydrogens is 324 g/mol. The van der Waals surface area contributed by atoms with Gasteiger partial charge in [-0.25, -0.2) is 0 Å². The molecule has 0 aromatic heterocycles. The standard InChI is InChI=1S/C21H22N4O/c22-11-15-25(16-12-23)21(26)10-14-24-13-4-9-20(24)19-8-3-6-17-5-1-2-7-18(17)19/h1-3,5-8,20H,4,9-10,13-16H2. The van der Waals surface area contributed by atoms with Gasteiger partial charge in [-0.3, -0.25) is 9.69 Å². The number of nitrogens with zero attached hydrogens (tertiary/aromatic N) is 4. The second-order valence-electron chi connectivity index (χ2n) is 6.58. The van der Waals surface area contributed by atoms with Crippen LogP contribution in [0.15, 0.2) is 42.5 Å². The lowest BCUT2D eigenvalue weighted by Gasteiger charge is -2.26. The summed E-state index contributed by atoms with van der Waals surface area (Å²) in [5, 5.41) is 20.1. The molecule has 5 nitrogen and oxygen atoms in total. The molecule has 1 heterocycles. The Morgan fingerprint density at radius 1 is 1.12 bits per heavy atom. The fourth-order valence-corrected chi connectivity index (χ4v) is 3.79. The van der Waals surface area contributed by atoms with E-state index in [1.807, 2.05) is 12.1 Å². The van der Waals surface area contributed by atoms with Gasteiger partial charge in [-0.1, -0.05) is 42.5 Å². The highest BCUT2D eigenvalue weighted by atomic mass is 16.2. The van der Waals surface area contributed by atoms with Gasteiger partial charge in [-0.15, -0.1) is 0 Å². The first-order chi connectivity index (χ1) is 12.7. The number of amides is 1. The Balaban J connectivity index is 1.72. The lowest BCUT2D eigenvalue weighted by Crippen LogP contribution is -2.35. The number of rotatable bonds is 6. The van der Waals surface area contributed by atoms with Crippen LogP contribution in [-0.2, 0) is 4.79 Å². The average molecular weight is 346 g/mol. The van der Waals surface area contributed by atoms with Crippen LogP contribution in [0.4, 0.5) is 0 Å². The van der Waals surface area contributed by atoms with Crippen molar-refractivity contribution in [1.82, 2.24) is 9.80 Å². The van der Waals surface area contributed by atoms with E-state index in [-0.39, 0.29) is 19.0 Å².